The number of thioether (sulfide) groups is 1. The summed E-state index contributed by atoms with van der Waals surface area (Å²) in [6.45, 7) is 5.63. The van der Waals surface area contributed by atoms with E-state index in [-0.39, 0.29) is 24.8 Å². The number of carboxylic acid groups (broad SMARTS) is 1. The fraction of sp³-hybridized carbons (Fsp3) is 0.448. The number of carbonyl (C=O) groups is 3. The lowest BCUT2D eigenvalue weighted by Gasteiger charge is -2.24. The first-order chi connectivity index (χ1) is 18.9. The Morgan fingerprint density at radius 3 is 2.49 bits per heavy atom. The van der Waals surface area contributed by atoms with Crippen LogP contribution in [0.3, 0.4) is 0 Å². The molecule has 0 aliphatic heterocycles. The number of unbranched alkanes of at least 4 members (excludes halogenated alkanes) is 1. The number of nitrogens with one attached hydrogen (secondary N) is 3. The molecule has 0 fully saturated rings. The monoisotopic (exact) mass is 555 g/mol. The van der Waals surface area contributed by atoms with E-state index in [2.05, 4.69) is 34.4 Å². The van der Waals surface area contributed by atoms with E-state index in [0.717, 1.165) is 22.0 Å². The molecule has 1 aromatic heterocycles. The molecule has 1 atom stereocenters. The van der Waals surface area contributed by atoms with Crippen LogP contribution < -0.4 is 10.6 Å². The van der Waals surface area contributed by atoms with Gasteiger partial charge >= 0.3 is 5.97 Å². The molecule has 0 saturated heterocycles. The fourth-order valence-electron chi connectivity index (χ4n) is 3.79. The van der Waals surface area contributed by atoms with Crippen molar-refractivity contribution in [3.05, 3.63) is 66.2 Å². The first-order valence-corrected chi connectivity index (χ1v) is 14.7. The Labute approximate surface area is 235 Å². The molecular weight excluding hydrogens is 514 g/mol. The SMILES string of the molecule is CCCC.CSCC[C@H](NC(=O)CN(CCNC(=O)Cc1cnc[nH]1)Cc1cccc2ccccc12)C(=O)O. The van der Waals surface area contributed by atoms with Gasteiger partial charge < -0.3 is 20.7 Å². The summed E-state index contributed by atoms with van der Waals surface area (Å²) in [6, 6.07) is 13.1. The molecule has 0 saturated carbocycles. The van der Waals surface area contributed by atoms with Gasteiger partial charge in [0.25, 0.3) is 0 Å². The fourth-order valence-corrected chi connectivity index (χ4v) is 4.26. The molecular formula is C29H41N5O4S. The topological polar surface area (TPSA) is 127 Å². The molecule has 2 amide bonds. The third-order valence-electron chi connectivity index (χ3n) is 6.04. The highest BCUT2D eigenvalue weighted by molar-refractivity contribution is 7.98. The van der Waals surface area contributed by atoms with Crippen LogP contribution in [-0.2, 0) is 27.3 Å². The van der Waals surface area contributed by atoms with E-state index in [0.29, 0.717) is 31.8 Å². The van der Waals surface area contributed by atoms with Gasteiger partial charge in [-0.2, -0.15) is 11.8 Å². The smallest absolute Gasteiger partial charge is 0.326 e. The molecule has 0 aliphatic rings. The summed E-state index contributed by atoms with van der Waals surface area (Å²) in [6.07, 6.45) is 8.21. The van der Waals surface area contributed by atoms with Crippen LogP contribution in [0.5, 0.6) is 0 Å². The van der Waals surface area contributed by atoms with E-state index >= 15 is 0 Å². The Morgan fingerprint density at radius 2 is 1.82 bits per heavy atom. The third kappa shape index (κ3) is 11.9. The molecule has 0 radical (unpaired) electrons. The molecule has 9 nitrogen and oxygen atoms in total. The molecule has 0 bridgehead atoms. The molecule has 0 aliphatic carbocycles. The van der Waals surface area contributed by atoms with Gasteiger partial charge in [-0.1, -0.05) is 69.2 Å². The maximum absolute atomic E-state index is 12.8. The maximum Gasteiger partial charge on any atom is 0.326 e. The highest BCUT2D eigenvalue weighted by atomic mass is 32.2. The van der Waals surface area contributed by atoms with Gasteiger partial charge in [-0.05, 0) is 34.8 Å². The number of rotatable bonds is 15. The van der Waals surface area contributed by atoms with Crippen molar-refractivity contribution in [3.8, 4) is 0 Å². The minimum Gasteiger partial charge on any atom is -0.480 e. The number of hydrogen-bond acceptors (Lipinski definition) is 6. The Kier molecular flexibility index (Phi) is 14.7. The van der Waals surface area contributed by atoms with Gasteiger partial charge in [0.15, 0.2) is 0 Å². The quantitative estimate of drug-likeness (QED) is 0.224. The number of amides is 2. The minimum atomic E-state index is -1.04. The lowest BCUT2D eigenvalue weighted by atomic mass is 10.0. The van der Waals surface area contributed by atoms with Crippen LogP contribution in [0.2, 0.25) is 0 Å². The number of carboxylic acids is 1. The van der Waals surface area contributed by atoms with Crippen LogP contribution in [0.15, 0.2) is 55.0 Å². The lowest BCUT2D eigenvalue weighted by molar-refractivity contribution is -0.142. The molecule has 4 N–H and O–H groups in total. The van der Waals surface area contributed by atoms with Crippen molar-refractivity contribution in [3.63, 3.8) is 0 Å². The van der Waals surface area contributed by atoms with Crippen molar-refractivity contribution in [1.82, 2.24) is 25.5 Å². The van der Waals surface area contributed by atoms with E-state index < -0.39 is 12.0 Å². The van der Waals surface area contributed by atoms with E-state index in [1.807, 2.05) is 53.6 Å². The lowest BCUT2D eigenvalue weighted by Crippen LogP contribution is -2.47. The minimum absolute atomic E-state index is 0.0166. The van der Waals surface area contributed by atoms with Crippen molar-refractivity contribution >= 4 is 40.3 Å². The van der Waals surface area contributed by atoms with Crippen LogP contribution in [0.1, 0.15) is 44.4 Å². The summed E-state index contributed by atoms with van der Waals surface area (Å²) in [4.78, 5) is 45.3. The number of nitrogens with zero attached hydrogens (tertiary/aromatic N) is 2. The normalized spacial score (nSPS) is 11.5. The Balaban J connectivity index is 0.00000124. The average molecular weight is 556 g/mol. The molecule has 2 aromatic carbocycles. The van der Waals surface area contributed by atoms with E-state index in [9.17, 15) is 19.5 Å². The molecule has 212 valence electrons. The second kappa shape index (κ2) is 18.0. The number of carbonyl (C=O) groups excluding carboxylic acids is 2. The standard InChI is InChI=1S/C25H31N5O4S.C4H10/c1-35-12-9-22(25(33)34)29-24(32)16-30(11-10-27-23(31)13-20-14-26-17-28-20)15-19-7-4-6-18-5-2-3-8-21(18)19;1-3-4-2/h2-8,14,17,22H,9-13,15-16H2,1H3,(H,26,28)(H,27,31)(H,29,32)(H,33,34);3-4H2,1-2H3/t22-;/m0./s1. The highest BCUT2D eigenvalue weighted by Gasteiger charge is 2.21. The largest absolute Gasteiger partial charge is 0.480 e. The van der Waals surface area contributed by atoms with Gasteiger partial charge in [0.2, 0.25) is 11.8 Å². The van der Waals surface area contributed by atoms with Crippen molar-refractivity contribution < 1.29 is 19.5 Å². The maximum atomic E-state index is 12.8. The number of fused-ring (bicyclic) bond motifs is 1. The van der Waals surface area contributed by atoms with Gasteiger partial charge in [0, 0.05) is 31.5 Å². The van der Waals surface area contributed by atoms with Crippen LogP contribution >= 0.6 is 11.8 Å². The number of imidazole rings is 1. The zero-order chi connectivity index (χ0) is 28.5. The number of aliphatic carboxylic acids is 1. The van der Waals surface area contributed by atoms with Crippen molar-refractivity contribution in [1.29, 1.82) is 0 Å². The van der Waals surface area contributed by atoms with Crippen molar-refractivity contribution in [2.75, 3.05) is 31.6 Å². The summed E-state index contributed by atoms with van der Waals surface area (Å²) in [7, 11) is 0. The average Bonchev–Trinajstić information content (AvgIpc) is 3.44. The molecule has 1 heterocycles. The van der Waals surface area contributed by atoms with E-state index in [1.165, 1.54) is 30.9 Å². The summed E-state index contributed by atoms with van der Waals surface area (Å²) >= 11 is 1.53. The van der Waals surface area contributed by atoms with Gasteiger partial charge in [-0.3, -0.25) is 14.5 Å². The number of benzene rings is 2. The number of aromatic nitrogens is 2. The number of aromatic amines is 1. The van der Waals surface area contributed by atoms with Crippen molar-refractivity contribution in [2.24, 2.45) is 0 Å². The zero-order valence-corrected chi connectivity index (χ0v) is 23.9. The summed E-state index contributed by atoms with van der Waals surface area (Å²) in [5, 5.41) is 17.2. The third-order valence-corrected chi connectivity index (χ3v) is 6.69. The highest BCUT2D eigenvalue weighted by Crippen LogP contribution is 2.20. The number of hydrogen-bond donors (Lipinski definition) is 4. The van der Waals surface area contributed by atoms with Gasteiger partial charge in [-0.15, -0.1) is 0 Å². The molecule has 39 heavy (non-hydrogen) atoms. The van der Waals surface area contributed by atoms with Gasteiger partial charge in [0.1, 0.15) is 6.04 Å². The summed E-state index contributed by atoms with van der Waals surface area (Å²) < 4.78 is 0. The first kappa shape index (κ1) is 31.8. The molecule has 10 heteroatoms. The molecule has 0 unspecified atom stereocenters. The second-order valence-electron chi connectivity index (χ2n) is 9.19. The predicted molar refractivity (Wildman–Crippen MR) is 158 cm³/mol. The van der Waals surface area contributed by atoms with Crippen LogP contribution in [0.25, 0.3) is 10.8 Å². The summed E-state index contributed by atoms with van der Waals surface area (Å²) in [5.74, 6) is -0.910. The Morgan fingerprint density at radius 1 is 1.08 bits per heavy atom. The van der Waals surface area contributed by atoms with Crippen LogP contribution in [0.4, 0.5) is 0 Å². The van der Waals surface area contributed by atoms with E-state index in [4.69, 9.17) is 0 Å². The molecule has 3 rings (SSSR count). The Bertz CT molecular complexity index is 1150. The Hall–Kier alpha value is -3.37. The van der Waals surface area contributed by atoms with E-state index in [1.54, 1.807) is 6.20 Å². The van der Waals surface area contributed by atoms with Crippen LogP contribution in [0, 0.1) is 0 Å². The molecule has 3 aromatic rings. The van der Waals surface area contributed by atoms with Gasteiger partial charge in [-0.25, -0.2) is 9.78 Å². The van der Waals surface area contributed by atoms with Crippen LogP contribution in [-0.4, -0.2) is 75.4 Å². The summed E-state index contributed by atoms with van der Waals surface area (Å²) in [5.41, 5.74) is 1.77. The molecule has 0 spiro atoms. The van der Waals surface area contributed by atoms with Crippen molar-refractivity contribution in [2.45, 2.75) is 52.1 Å². The number of H-pyrrole nitrogens is 1. The predicted octanol–water partition coefficient (Wildman–Crippen LogP) is 3.85. The zero-order valence-electron chi connectivity index (χ0n) is 23.1. The van der Waals surface area contributed by atoms with Gasteiger partial charge in [0.05, 0.1) is 19.3 Å². The first-order valence-electron chi connectivity index (χ1n) is 13.3. The second-order valence-corrected chi connectivity index (χ2v) is 10.2.